The predicted molar refractivity (Wildman–Crippen MR) is 123 cm³/mol. The molecule has 2 aromatic heterocycles. The van der Waals surface area contributed by atoms with Gasteiger partial charge in [0, 0.05) is 23.1 Å². The number of rotatable bonds is 8. The van der Waals surface area contributed by atoms with E-state index in [1.54, 1.807) is 19.2 Å². The van der Waals surface area contributed by atoms with Crippen LogP contribution in [0.3, 0.4) is 0 Å². The van der Waals surface area contributed by atoms with Gasteiger partial charge in [-0.25, -0.2) is 4.98 Å². The highest BCUT2D eigenvalue weighted by molar-refractivity contribution is 7.13. The third-order valence-electron chi connectivity index (χ3n) is 4.88. The molecule has 2 heterocycles. The van der Waals surface area contributed by atoms with Crippen molar-refractivity contribution in [3.05, 3.63) is 53.4 Å². The molecule has 1 amide bonds. The lowest BCUT2D eigenvalue weighted by molar-refractivity contribution is 0.0952. The third kappa shape index (κ3) is 4.76. The monoisotopic (exact) mass is 436 g/mol. The average Bonchev–Trinajstić information content (AvgIpc) is 3.43. The second-order valence-corrected chi connectivity index (χ2v) is 8.28. The molecular weight excluding hydrogens is 412 g/mol. The lowest BCUT2D eigenvalue weighted by atomic mass is 10.1. The third-order valence-corrected chi connectivity index (χ3v) is 5.77. The molecule has 0 aliphatic heterocycles. The van der Waals surface area contributed by atoms with Crippen LogP contribution in [0.15, 0.2) is 52.4 Å². The Morgan fingerprint density at radius 1 is 1.19 bits per heavy atom. The fraction of sp³-hybridized carbons (Fsp3) is 0.261. The van der Waals surface area contributed by atoms with Gasteiger partial charge in [-0.3, -0.25) is 4.79 Å². The second-order valence-electron chi connectivity index (χ2n) is 7.42. The van der Waals surface area contributed by atoms with Gasteiger partial charge in [0.05, 0.1) is 12.5 Å². The van der Waals surface area contributed by atoms with Crippen LogP contribution < -0.4 is 10.1 Å². The first-order valence-electron chi connectivity index (χ1n) is 9.98. The molecule has 160 valence electrons. The van der Waals surface area contributed by atoms with Crippen LogP contribution in [0.25, 0.3) is 32.9 Å². The summed E-state index contributed by atoms with van der Waals surface area (Å²) in [4.78, 5) is 19.4. The van der Waals surface area contributed by atoms with Crippen molar-refractivity contribution < 1.29 is 14.1 Å². The van der Waals surface area contributed by atoms with Gasteiger partial charge in [0.15, 0.2) is 5.58 Å². The first kappa shape index (κ1) is 21.0. The fourth-order valence-corrected chi connectivity index (χ4v) is 4.02. The number of aromatic nitrogens is 2. The van der Waals surface area contributed by atoms with Gasteiger partial charge in [-0.1, -0.05) is 5.16 Å². The molecule has 0 aliphatic rings. The topological polar surface area (TPSA) is 80.5 Å². The van der Waals surface area contributed by atoms with E-state index < -0.39 is 0 Å². The van der Waals surface area contributed by atoms with Crippen molar-refractivity contribution in [2.24, 2.45) is 0 Å². The molecule has 31 heavy (non-hydrogen) atoms. The molecule has 0 aliphatic carbocycles. The van der Waals surface area contributed by atoms with E-state index >= 15 is 0 Å². The van der Waals surface area contributed by atoms with Crippen LogP contribution in [0.5, 0.6) is 5.75 Å². The summed E-state index contributed by atoms with van der Waals surface area (Å²) >= 11 is 1.53. The highest BCUT2D eigenvalue weighted by Gasteiger charge is 2.17. The highest BCUT2D eigenvalue weighted by Crippen LogP contribution is 2.33. The largest absolute Gasteiger partial charge is 0.497 e. The zero-order valence-corrected chi connectivity index (χ0v) is 18.5. The number of nitrogens with one attached hydrogen (secondary N) is 1. The highest BCUT2D eigenvalue weighted by atomic mass is 32.1. The number of carbonyl (C=O) groups excluding carboxylic acids is 1. The Labute approximate surface area is 184 Å². The molecule has 0 radical (unpaired) electrons. The molecule has 0 saturated heterocycles. The summed E-state index contributed by atoms with van der Waals surface area (Å²) in [5, 5.41) is 10.8. The van der Waals surface area contributed by atoms with E-state index in [2.05, 4.69) is 15.4 Å². The Bertz CT molecular complexity index is 1180. The predicted octanol–water partition coefficient (Wildman–Crippen LogP) is 4.31. The van der Waals surface area contributed by atoms with Crippen molar-refractivity contribution in [2.75, 3.05) is 34.3 Å². The van der Waals surface area contributed by atoms with Gasteiger partial charge in [-0.15, -0.1) is 11.3 Å². The van der Waals surface area contributed by atoms with Crippen LogP contribution in [0.2, 0.25) is 0 Å². The van der Waals surface area contributed by atoms with Crippen LogP contribution in [0, 0.1) is 0 Å². The first-order chi connectivity index (χ1) is 15.0. The van der Waals surface area contributed by atoms with Gasteiger partial charge in [0.1, 0.15) is 22.1 Å². The van der Waals surface area contributed by atoms with Gasteiger partial charge in [-0.05, 0) is 69.5 Å². The number of hydrogen-bond acceptors (Lipinski definition) is 7. The van der Waals surface area contributed by atoms with E-state index in [0.29, 0.717) is 23.4 Å². The second kappa shape index (κ2) is 9.28. The lowest BCUT2D eigenvalue weighted by Crippen LogP contribution is -2.27. The van der Waals surface area contributed by atoms with Crippen LogP contribution in [-0.4, -0.2) is 55.2 Å². The summed E-state index contributed by atoms with van der Waals surface area (Å²) in [5.41, 5.74) is 3.56. The number of benzene rings is 2. The van der Waals surface area contributed by atoms with Gasteiger partial charge >= 0.3 is 0 Å². The normalized spacial score (nSPS) is 11.2. The van der Waals surface area contributed by atoms with Gasteiger partial charge in [-0.2, -0.15) is 0 Å². The number of thiazole rings is 1. The average molecular weight is 437 g/mol. The molecule has 7 nitrogen and oxygen atoms in total. The minimum Gasteiger partial charge on any atom is -0.497 e. The van der Waals surface area contributed by atoms with Crippen molar-refractivity contribution >= 4 is 28.2 Å². The molecule has 0 unspecified atom stereocenters. The molecule has 0 atom stereocenters. The molecule has 4 aromatic rings. The van der Waals surface area contributed by atoms with E-state index in [0.717, 1.165) is 40.4 Å². The number of carbonyl (C=O) groups is 1. The van der Waals surface area contributed by atoms with Crippen molar-refractivity contribution in [2.45, 2.75) is 6.42 Å². The molecule has 0 saturated carbocycles. The van der Waals surface area contributed by atoms with E-state index in [-0.39, 0.29) is 5.91 Å². The van der Waals surface area contributed by atoms with E-state index in [9.17, 15) is 4.79 Å². The van der Waals surface area contributed by atoms with Crippen molar-refractivity contribution in [1.82, 2.24) is 20.4 Å². The molecule has 0 bridgehead atoms. The molecule has 8 heteroatoms. The lowest BCUT2D eigenvalue weighted by Gasteiger charge is -2.09. The minimum absolute atomic E-state index is 0.106. The maximum Gasteiger partial charge on any atom is 0.251 e. The quantitative estimate of drug-likeness (QED) is 0.415. The van der Waals surface area contributed by atoms with E-state index in [4.69, 9.17) is 14.2 Å². The Morgan fingerprint density at radius 3 is 2.74 bits per heavy atom. The van der Waals surface area contributed by atoms with Crippen LogP contribution >= 0.6 is 11.3 Å². The van der Waals surface area contributed by atoms with Crippen LogP contribution in [-0.2, 0) is 0 Å². The summed E-state index contributed by atoms with van der Waals surface area (Å²) < 4.78 is 10.7. The molecule has 2 aromatic carbocycles. The number of ether oxygens (including phenoxy) is 1. The Kier molecular flexibility index (Phi) is 6.29. The van der Waals surface area contributed by atoms with Crippen LogP contribution in [0.4, 0.5) is 0 Å². The number of hydrogen-bond donors (Lipinski definition) is 1. The first-order valence-corrected chi connectivity index (χ1v) is 10.9. The minimum atomic E-state index is -0.106. The molecule has 1 N–H and O–H groups in total. The standard InChI is InChI=1S/C23H24N4O3S/c1-27(2)12-4-11-24-22(28)16-7-10-20-18(13-16)21(26-30-20)19-14-31-23(25-19)15-5-8-17(29-3)9-6-15/h5-10,13-14H,4,11-12H2,1-3H3,(H,24,28). The smallest absolute Gasteiger partial charge is 0.251 e. The zero-order valence-electron chi connectivity index (χ0n) is 17.7. The summed E-state index contributed by atoms with van der Waals surface area (Å²) in [6.45, 7) is 1.55. The number of nitrogens with zero attached hydrogens (tertiary/aromatic N) is 3. The summed E-state index contributed by atoms with van der Waals surface area (Å²) in [7, 11) is 5.67. The van der Waals surface area contributed by atoms with E-state index in [1.165, 1.54) is 11.3 Å². The zero-order chi connectivity index (χ0) is 21.8. The maximum atomic E-state index is 12.5. The Hall–Kier alpha value is -3.23. The number of methoxy groups -OCH3 is 1. The SMILES string of the molecule is COc1ccc(-c2nc(-c3noc4ccc(C(=O)NCCCN(C)C)cc34)cs2)cc1. The summed E-state index contributed by atoms with van der Waals surface area (Å²) in [6.07, 6.45) is 0.895. The molecular formula is C23H24N4O3S. The Balaban J connectivity index is 1.55. The Morgan fingerprint density at radius 2 is 2.00 bits per heavy atom. The fourth-order valence-electron chi connectivity index (χ4n) is 3.21. The molecule has 0 fully saturated rings. The van der Waals surface area contributed by atoms with Gasteiger partial charge in [0.25, 0.3) is 5.91 Å². The summed E-state index contributed by atoms with van der Waals surface area (Å²) in [5.74, 6) is 0.695. The molecule has 4 rings (SSSR count). The van der Waals surface area contributed by atoms with Crippen molar-refractivity contribution in [1.29, 1.82) is 0 Å². The van der Waals surface area contributed by atoms with E-state index in [1.807, 2.05) is 49.8 Å². The van der Waals surface area contributed by atoms with Gasteiger partial charge in [0.2, 0.25) is 0 Å². The van der Waals surface area contributed by atoms with Crippen molar-refractivity contribution in [3.63, 3.8) is 0 Å². The summed E-state index contributed by atoms with van der Waals surface area (Å²) in [6, 6.07) is 13.1. The number of amides is 1. The maximum absolute atomic E-state index is 12.5. The number of fused-ring (bicyclic) bond motifs is 1. The molecule has 0 spiro atoms. The van der Waals surface area contributed by atoms with Gasteiger partial charge < -0.3 is 19.5 Å². The van der Waals surface area contributed by atoms with Crippen molar-refractivity contribution in [3.8, 4) is 27.7 Å². The van der Waals surface area contributed by atoms with Crippen LogP contribution in [0.1, 0.15) is 16.8 Å².